The maximum atomic E-state index is 13.4. The molecule has 1 aliphatic heterocycles. The molecule has 0 bridgehead atoms. The standard InChI is InChI=1S/C15H13BrFNO2S/c16-11-7-15-14(19-3-4-20-15)5-9(11)8-21-10-1-2-13(18)12(17)6-10/h1-2,5-7H,3-4,8,18H2. The summed E-state index contributed by atoms with van der Waals surface area (Å²) in [6.45, 7) is 1.13. The maximum Gasteiger partial charge on any atom is 0.162 e. The SMILES string of the molecule is Nc1ccc(SCc2cc3c(cc2Br)OCCO3)cc1F. The van der Waals surface area contributed by atoms with Gasteiger partial charge in [-0.15, -0.1) is 11.8 Å². The molecule has 0 saturated carbocycles. The van der Waals surface area contributed by atoms with Crippen LogP contribution in [0.3, 0.4) is 0 Å². The molecule has 2 aromatic rings. The Morgan fingerprint density at radius 1 is 1.14 bits per heavy atom. The van der Waals surface area contributed by atoms with Gasteiger partial charge >= 0.3 is 0 Å². The van der Waals surface area contributed by atoms with Crippen LogP contribution >= 0.6 is 27.7 Å². The van der Waals surface area contributed by atoms with Gasteiger partial charge < -0.3 is 15.2 Å². The molecule has 1 heterocycles. The molecule has 21 heavy (non-hydrogen) atoms. The van der Waals surface area contributed by atoms with Gasteiger partial charge in [-0.05, 0) is 35.9 Å². The summed E-state index contributed by atoms with van der Waals surface area (Å²) in [5, 5.41) is 0. The lowest BCUT2D eigenvalue weighted by Gasteiger charge is -2.19. The molecule has 0 unspecified atom stereocenters. The second-order valence-electron chi connectivity index (χ2n) is 4.56. The van der Waals surface area contributed by atoms with E-state index >= 15 is 0 Å². The van der Waals surface area contributed by atoms with Gasteiger partial charge in [-0.1, -0.05) is 15.9 Å². The summed E-state index contributed by atoms with van der Waals surface area (Å²) in [7, 11) is 0. The summed E-state index contributed by atoms with van der Waals surface area (Å²) < 4.78 is 25.5. The molecular formula is C15H13BrFNO2S. The molecule has 0 spiro atoms. The maximum absolute atomic E-state index is 13.4. The topological polar surface area (TPSA) is 44.5 Å². The molecule has 0 radical (unpaired) electrons. The van der Waals surface area contributed by atoms with Crippen molar-refractivity contribution in [2.24, 2.45) is 0 Å². The Bertz CT molecular complexity index is 681. The fourth-order valence-electron chi connectivity index (χ4n) is 1.98. The first-order chi connectivity index (χ1) is 10.1. The van der Waals surface area contributed by atoms with E-state index in [1.807, 2.05) is 18.2 Å². The summed E-state index contributed by atoms with van der Waals surface area (Å²) in [5.74, 6) is 1.81. The number of hydrogen-bond donors (Lipinski definition) is 1. The fraction of sp³-hybridized carbons (Fsp3) is 0.200. The predicted octanol–water partition coefficient (Wildman–Crippen LogP) is 4.23. The number of halogens is 2. The van der Waals surface area contributed by atoms with E-state index in [2.05, 4.69) is 15.9 Å². The molecular weight excluding hydrogens is 357 g/mol. The zero-order valence-electron chi connectivity index (χ0n) is 11.1. The van der Waals surface area contributed by atoms with Gasteiger partial charge in [0.15, 0.2) is 11.5 Å². The number of nitrogen functional groups attached to an aromatic ring is 1. The van der Waals surface area contributed by atoms with E-state index in [1.54, 1.807) is 6.07 Å². The normalized spacial score (nSPS) is 13.2. The van der Waals surface area contributed by atoms with Crippen LogP contribution in [0.15, 0.2) is 39.7 Å². The first-order valence-corrected chi connectivity index (χ1v) is 8.17. The Hall–Kier alpha value is -1.40. The summed E-state index contributed by atoms with van der Waals surface area (Å²) in [5.41, 5.74) is 6.71. The minimum absolute atomic E-state index is 0.167. The van der Waals surface area contributed by atoms with Crippen LogP contribution in [0.5, 0.6) is 11.5 Å². The van der Waals surface area contributed by atoms with Crippen LogP contribution in [-0.4, -0.2) is 13.2 Å². The molecule has 0 saturated heterocycles. The second kappa shape index (κ2) is 6.15. The predicted molar refractivity (Wildman–Crippen MR) is 85.5 cm³/mol. The fourth-order valence-corrected chi connectivity index (χ4v) is 3.54. The zero-order valence-corrected chi connectivity index (χ0v) is 13.5. The highest BCUT2D eigenvalue weighted by atomic mass is 79.9. The molecule has 110 valence electrons. The summed E-state index contributed by atoms with van der Waals surface area (Å²) in [6.07, 6.45) is 0. The highest BCUT2D eigenvalue weighted by Gasteiger charge is 2.15. The van der Waals surface area contributed by atoms with Crippen LogP contribution in [0.1, 0.15) is 5.56 Å². The Balaban J connectivity index is 1.77. The lowest BCUT2D eigenvalue weighted by atomic mass is 10.2. The quantitative estimate of drug-likeness (QED) is 0.649. The van der Waals surface area contributed by atoms with Crippen molar-refractivity contribution < 1.29 is 13.9 Å². The van der Waals surface area contributed by atoms with Gasteiger partial charge in [0.2, 0.25) is 0 Å². The highest BCUT2D eigenvalue weighted by molar-refractivity contribution is 9.10. The molecule has 0 fully saturated rings. The molecule has 0 atom stereocenters. The third-order valence-electron chi connectivity index (χ3n) is 3.08. The van der Waals surface area contributed by atoms with Crippen LogP contribution in [0.25, 0.3) is 0 Å². The number of hydrogen-bond acceptors (Lipinski definition) is 4. The van der Waals surface area contributed by atoms with Crippen LogP contribution in [0.4, 0.5) is 10.1 Å². The number of rotatable bonds is 3. The van der Waals surface area contributed by atoms with Gasteiger partial charge in [-0.25, -0.2) is 4.39 Å². The lowest BCUT2D eigenvalue weighted by molar-refractivity contribution is 0.171. The highest BCUT2D eigenvalue weighted by Crippen LogP contribution is 2.38. The molecule has 3 rings (SSSR count). The van der Waals surface area contributed by atoms with E-state index in [0.717, 1.165) is 26.4 Å². The first kappa shape index (κ1) is 14.5. The summed E-state index contributed by atoms with van der Waals surface area (Å²) in [6, 6.07) is 8.71. The number of fused-ring (bicyclic) bond motifs is 1. The second-order valence-corrected chi connectivity index (χ2v) is 6.46. The van der Waals surface area contributed by atoms with Gasteiger partial charge in [0.05, 0.1) is 5.69 Å². The average molecular weight is 370 g/mol. The van der Waals surface area contributed by atoms with Gasteiger partial charge in [-0.3, -0.25) is 0 Å². The van der Waals surface area contributed by atoms with E-state index < -0.39 is 0 Å². The molecule has 6 heteroatoms. The van der Waals surface area contributed by atoms with Gasteiger partial charge in [0.25, 0.3) is 0 Å². The number of benzene rings is 2. The molecule has 2 N–H and O–H groups in total. The van der Waals surface area contributed by atoms with E-state index in [9.17, 15) is 4.39 Å². The summed E-state index contributed by atoms with van der Waals surface area (Å²) in [4.78, 5) is 0.837. The van der Waals surface area contributed by atoms with Crippen molar-refractivity contribution in [2.45, 2.75) is 10.6 Å². The molecule has 0 amide bonds. The molecule has 3 nitrogen and oxygen atoms in total. The van der Waals surface area contributed by atoms with E-state index in [-0.39, 0.29) is 11.5 Å². The van der Waals surface area contributed by atoms with Crippen LogP contribution < -0.4 is 15.2 Å². The Labute approximate surface area is 134 Å². The lowest BCUT2D eigenvalue weighted by Crippen LogP contribution is -2.15. The minimum atomic E-state index is -0.388. The first-order valence-electron chi connectivity index (χ1n) is 6.39. The van der Waals surface area contributed by atoms with E-state index in [0.29, 0.717) is 19.0 Å². The van der Waals surface area contributed by atoms with Gasteiger partial charge in [0, 0.05) is 15.1 Å². The van der Waals surface area contributed by atoms with Crippen molar-refractivity contribution >= 4 is 33.4 Å². The van der Waals surface area contributed by atoms with Crippen molar-refractivity contribution in [3.63, 3.8) is 0 Å². The van der Waals surface area contributed by atoms with E-state index in [1.165, 1.54) is 17.8 Å². The number of thioether (sulfide) groups is 1. The number of nitrogens with two attached hydrogens (primary N) is 1. The van der Waals surface area contributed by atoms with Gasteiger partial charge in [0.1, 0.15) is 19.0 Å². The Morgan fingerprint density at radius 3 is 2.57 bits per heavy atom. The van der Waals surface area contributed by atoms with Crippen LogP contribution in [0, 0.1) is 5.82 Å². The van der Waals surface area contributed by atoms with Gasteiger partial charge in [-0.2, -0.15) is 0 Å². The van der Waals surface area contributed by atoms with Crippen molar-refractivity contribution in [3.8, 4) is 11.5 Å². The molecule has 2 aromatic carbocycles. The average Bonchev–Trinajstić information content (AvgIpc) is 2.48. The Morgan fingerprint density at radius 2 is 1.86 bits per heavy atom. The minimum Gasteiger partial charge on any atom is -0.486 e. The third-order valence-corrected chi connectivity index (χ3v) is 4.86. The van der Waals surface area contributed by atoms with Crippen LogP contribution in [-0.2, 0) is 5.75 Å². The molecule has 0 aromatic heterocycles. The number of ether oxygens (including phenoxy) is 2. The van der Waals surface area contributed by atoms with Crippen LogP contribution in [0.2, 0.25) is 0 Å². The Kier molecular flexibility index (Phi) is 4.26. The molecule has 0 aliphatic carbocycles. The van der Waals surface area contributed by atoms with Crippen molar-refractivity contribution in [1.29, 1.82) is 0 Å². The smallest absolute Gasteiger partial charge is 0.162 e. The molecule has 1 aliphatic rings. The summed E-state index contributed by atoms with van der Waals surface area (Å²) >= 11 is 5.07. The van der Waals surface area contributed by atoms with Crippen molar-refractivity contribution in [3.05, 3.63) is 46.2 Å². The largest absolute Gasteiger partial charge is 0.486 e. The monoisotopic (exact) mass is 369 g/mol. The van der Waals surface area contributed by atoms with E-state index in [4.69, 9.17) is 15.2 Å². The third kappa shape index (κ3) is 3.27. The zero-order chi connectivity index (χ0) is 14.8. The number of anilines is 1. The van der Waals surface area contributed by atoms with Crippen molar-refractivity contribution in [2.75, 3.05) is 18.9 Å². The van der Waals surface area contributed by atoms with Crippen molar-refractivity contribution in [1.82, 2.24) is 0 Å².